The van der Waals surface area contributed by atoms with Crippen LogP contribution in [0.1, 0.15) is 5.56 Å². The maximum Gasteiger partial charge on any atom is 0.227 e. The fourth-order valence-corrected chi connectivity index (χ4v) is 2.68. The number of nitrogens with zero attached hydrogens (tertiary/aromatic N) is 1. The first-order valence-corrected chi connectivity index (χ1v) is 8.21. The van der Waals surface area contributed by atoms with E-state index in [1.54, 1.807) is 12.1 Å². The number of rotatable bonds is 2. The predicted molar refractivity (Wildman–Crippen MR) is 81.7 cm³/mol. The first-order valence-electron chi connectivity index (χ1n) is 6.32. The fourth-order valence-electron chi connectivity index (χ4n) is 2.03. The van der Waals surface area contributed by atoms with Crippen molar-refractivity contribution >= 4 is 26.6 Å². The van der Waals surface area contributed by atoms with Crippen molar-refractivity contribution in [2.24, 2.45) is 0 Å². The highest BCUT2D eigenvalue weighted by atomic mass is 32.2. The Morgan fingerprint density at radius 3 is 2.57 bits per heavy atom. The zero-order valence-electron chi connectivity index (χ0n) is 11.6. The summed E-state index contributed by atoms with van der Waals surface area (Å²) in [4.78, 5) is 4.56. The molecule has 108 valence electrons. The van der Waals surface area contributed by atoms with Crippen molar-refractivity contribution in [3.8, 4) is 11.5 Å². The molecule has 0 saturated heterocycles. The molecule has 5 nitrogen and oxygen atoms in total. The molecule has 1 heterocycles. The van der Waals surface area contributed by atoms with Crippen molar-refractivity contribution in [3.63, 3.8) is 0 Å². The third-order valence-corrected chi connectivity index (χ3v) is 4.42. The number of oxazole rings is 1. The smallest absolute Gasteiger partial charge is 0.227 e. The summed E-state index contributed by atoms with van der Waals surface area (Å²) in [5.74, 6) is 0.419. The van der Waals surface area contributed by atoms with E-state index in [-0.39, 0.29) is 4.90 Å². The van der Waals surface area contributed by atoms with Crippen LogP contribution in [0, 0.1) is 6.92 Å². The van der Waals surface area contributed by atoms with Crippen LogP contribution in [-0.2, 0) is 9.84 Å². The van der Waals surface area contributed by atoms with E-state index < -0.39 is 9.84 Å². The summed E-state index contributed by atoms with van der Waals surface area (Å²) in [5.41, 5.74) is 9.33. The van der Waals surface area contributed by atoms with Gasteiger partial charge in [0.1, 0.15) is 5.52 Å². The predicted octanol–water partition coefficient (Wildman–Crippen LogP) is 2.79. The van der Waals surface area contributed by atoms with E-state index in [0.29, 0.717) is 22.7 Å². The second-order valence-corrected chi connectivity index (χ2v) is 7.01. The molecule has 0 fully saturated rings. The van der Waals surface area contributed by atoms with E-state index in [4.69, 9.17) is 10.2 Å². The van der Waals surface area contributed by atoms with Crippen LogP contribution in [0.25, 0.3) is 22.6 Å². The first-order chi connectivity index (χ1) is 9.84. The van der Waals surface area contributed by atoms with E-state index in [1.165, 1.54) is 12.1 Å². The molecule has 0 aliphatic rings. The Hall–Kier alpha value is -2.34. The number of sulfone groups is 1. The highest BCUT2D eigenvalue weighted by Gasteiger charge is 2.13. The van der Waals surface area contributed by atoms with Gasteiger partial charge in [0, 0.05) is 17.5 Å². The van der Waals surface area contributed by atoms with Gasteiger partial charge >= 0.3 is 0 Å². The lowest BCUT2D eigenvalue weighted by Crippen LogP contribution is -1.96. The van der Waals surface area contributed by atoms with Gasteiger partial charge in [-0.25, -0.2) is 13.4 Å². The summed E-state index contributed by atoms with van der Waals surface area (Å²) in [6, 6.07) is 10.2. The maximum absolute atomic E-state index is 11.6. The molecule has 6 heteroatoms. The van der Waals surface area contributed by atoms with Crippen molar-refractivity contribution in [2.75, 3.05) is 12.0 Å². The van der Waals surface area contributed by atoms with Gasteiger partial charge in [0.15, 0.2) is 15.4 Å². The molecule has 2 aromatic carbocycles. The Labute approximate surface area is 122 Å². The number of hydrogen-bond acceptors (Lipinski definition) is 5. The van der Waals surface area contributed by atoms with Gasteiger partial charge in [0.05, 0.1) is 4.90 Å². The number of nitrogens with two attached hydrogens (primary N) is 1. The van der Waals surface area contributed by atoms with E-state index in [9.17, 15) is 8.42 Å². The number of aryl methyl sites for hydroxylation is 1. The largest absolute Gasteiger partial charge is 0.436 e. The van der Waals surface area contributed by atoms with Crippen molar-refractivity contribution < 1.29 is 12.8 Å². The van der Waals surface area contributed by atoms with Gasteiger partial charge in [-0.2, -0.15) is 0 Å². The van der Waals surface area contributed by atoms with Crippen LogP contribution in [0.4, 0.5) is 5.69 Å². The molecular weight excluding hydrogens is 288 g/mol. The number of nitrogen functional groups attached to an aromatic ring is 1. The summed E-state index contributed by atoms with van der Waals surface area (Å²) in [6.07, 6.45) is 1.16. The highest BCUT2D eigenvalue weighted by molar-refractivity contribution is 7.90. The van der Waals surface area contributed by atoms with Crippen LogP contribution in [-0.4, -0.2) is 19.7 Å². The van der Waals surface area contributed by atoms with Crippen molar-refractivity contribution in [1.82, 2.24) is 4.98 Å². The molecule has 21 heavy (non-hydrogen) atoms. The molecule has 0 atom stereocenters. The van der Waals surface area contributed by atoms with Crippen molar-refractivity contribution in [1.29, 1.82) is 0 Å². The van der Waals surface area contributed by atoms with Crippen LogP contribution in [0.15, 0.2) is 45.7 Å². The van der Waals surface area contributed by atoms with E-state index >= 15 is 0 Å². The van der Waals surface area contributed by atoms with Crippen molar-refractivity contribution in [2.45, 2.75) is 11.8 Å². The molecule has 0 spiro atoms. The maximum atomic E-state index is 11.6. The number of benzene rings is 2. The monoisotopic (exact) mass is 302 g/mol. The van der Waals surface area contributed by atoms with Gasteiger partial charge < -0.3 is 10.2 Å². The normalized spacial score (nSPS) is 11.9. The zero-order chi connectivity index (χ0) is 15.2. The Morgan fingerprint density at radius 1 is 1.14 bits per heavy atom. The van der Waals surface area contributed by atoms with Crippen molar-refractivity contribution in [3.05, 3.63) is 42.0 Å². The second kappa shape index (κ2) is 4.60. The van der Waals surface area contributed by atoms with Gasteiger partial charge in [-0.15, -0.1) is 0 Å². The zero-order valence-corrected chi connectivity index (χ0v) is 12.4. The Bertz CT molecular complexity index is 943. The molecule has 0 bridgehead atoms. The number of anilines is 1. The molecule has 2 N–H and O–H groups in total. The minimum atomic E-state index is -3.26. The molecule has 1 aromatic heterocycles. The quantitative estimate of drug-likeness (QED) is 0.736. The standard InChI is InChI=1S/C15H14N2O3S/c1-9-3-4-10(7-12(9)16)15-17-13-8-11(21(2,18)19)5-6-14(13)20-15/h3-8H,16H2,1-2H3. The van der Waals surface area contributed by atoms with Gasteiger partial charge in [0.25, 0.3) is 0 Å². The summed E-state index contributed by atoms with van der Waals surface area (Å²) in [5, 5.41) is 0. The fraction of sp³-hybridized carbons (Fsp3) is 0.133. The van der Waals surface area contributed by atoms with Crippen LogP contribution >= 0.6 is 0 Å². The van der Waals surface area contributed by atoms with Gasteiger partial charge in [-0.05, 0) is 42.8 Å². The van der Waals surface area contributed by atoms with Crippen LogP contribution in [0.2, 0.25) is 0 Å². The van der Waals surface area contributed by atoms with E-state index in [0.717, 1.165) is 17.4 Å². The molecule has 3 aromatic rings. The molecule has 0 radical (unpaired) electrons. The average Bonchev–Trinajstić information content (AvgIpc) is 2.83. The molecular formula is C15H14N2O3S. The van der Waals surface area contributed by atoms with Gasteiger partial charge in [0.2, 0.25) is 5.89 Å². The molecule has 0 aliphatic carbocycles. The Morgan fingerprint density at radius 2 is 1.90 bits per heavy atom. The molecule has 3 rings (SSSR count). The molecule has 0 saturated carbocycles. The third-order valence-electron chi connectivity index (χ3n) is 3.31. The lowest BCUT2D eigenvalue weighted by molar-refractivity contribution is 0.602. The topological polar surface area (TPSA) is 86.2 Å². The van der Waals surface area contributed by atoms with Gasteiger partial charge in [-0.1, -0.05) is 6.07 Å². The second-order valence-electron chi connectivity index (χ2n) is 4.99. The SMILES string of the molecule is Cc1ccc(-c2nc3cc(S(C)(=O)=O)ccc3o2)cc1N. The summed E-state index contributed by atoms with van der Waals surface area (Å²) >= 11 is 0. The van der Waals surface area contributed by atoms with E-state index in [1.807, 2.05) is 19.1 Å². The molecule has 0 unspecified atom stereocenters. The van der Waals surface area contributed by atoms with Crippen LogP contribution < -0.4 is 5.73 Å². The Balaban J connectivity index is 2.14. The molecule has 0 aliphatic heterocycles. The number of hydrogen-bond donors (Lipinski definition) is 1. The summed E-state index contributed by atoms with van der Waals surface area (Å²) in [7, 11) is -3.26. The van der Waals surface area contributed by atoms with Crippen LogP contribution in [0.3, 0.4) is 0 Å². The Kier molecular flexibility index (Phi) is 2.98. The average molecular weight is 302 g/mol. The summed E-state index contributed by atoms with van der Waals surface area (Å²) < 4.78 is 28.8. The number of fused-ring (bicyclic) bond motifs is 1. The minimum Gasteiger partial charge on any atom is -0.436 e. The van der Waals surface area contributed by atoms with Crippen LogP contribution in [0.5, 0.6) is 0 Å². The lowest BCUT2D eigenvalue weighted by Gasteiger charge is -2.00. The highest BCUT2D eigenvalue weighted by Crippen LogP contribution is 2.28. The minimum absolute atomic E-state index is 0.221. The van der Waals surface area contributed by atoms with Gasteiger partial charge in [-0.3, -0.25) is 0 Å². The summed E-state index contributed by atoms with van der Waals surface area (Å²) in [6.45, 7) is 1.92. The third kappa shape index (κ3) is 2.50. The first kappa shape index (κ1) is 13.6. The lowest BCUT2D eigenvalue weighted by atomic mass is 10.1. The molecule has 0 amide bonds. The van der Waals surface area contributed by atoms with E-state index in [2.05, 4.69) is 4.98 Å². The number of aromatic nitrogens is 1.